The molecule has 0 aliphatic carbocycles. The van der Waals surface area contributed by atoms with Crippen molar-refractivity contribution in [3.63, 3.8) is 0 Å². The molecule has 1 saturated heterocycles. The highest BCUT2D eigenvalue weighted by Gasteiger charge is 2.20. The molecule has 120 valence electrons. The zero-order valence-electron chi connectivity index (χ0n) is 13.2. The second-order valence-corrected chi connectivity index (χ2v) is 7.28. The Kier molecular flexibility index (Phi) is 7.58. The molecule has 0 saturated carbocycles. The van der Waals surface area contributed by atoms with Crippen LogP contribution in [0.5, 0.6) is 0 Å². The van der Waals surface area contributed by atoms with Crippen molar-refractivity contribution in [2.45, 2.75) is 56.6 Å². The Morgan fingerprint density at radius 3 is 2.55 bits per heavy atom. The van der Waals surface area contributed by atoms with Crippen LogP contribution in [-0.4, -0.2) is 22.1 Å². The van der Waals surface area contributed by atoms with E-state index in [2.05, 4.69) is 17.8 Å². The van der Waals surface area contributed by atoms with Gasteiger partial charge in [0.15, 0.2) is 0 Å². The zero-order valence-corrected chi connectivity index (χ0v) is 14.0. The monoisotopic (exact) mass is 318 g/mol. The molecular formula is C19H26O2S. The lowest BCUT2D eigenvalue weighted by Crippen LogP contribution is -1.98. The highest BCUT2D eigenvalue weighted by atomic mass is 32.2. The van der Waals surface area contributed by atoms with Crippen LogP contribution in [0.3, 0.4) is 0 Å². The maximum atomic E-state index is 11.1. The average molecular weight is 318 g/mol. The Hall–Kier alpha value is -1.22. The number of hydrogen-bond acceptors (Lipinski definition) is 2. The third kappa shape index (κ3) is 6.69. The van der Waals surface area contributed by atoms with E-state index in [9.17, 15) is 4.79 Å². The minimum atomic E-state index is -0.857. The van der Waals surface area contributed by atoms with Crippen molar-refractivity contribution in [1.82, 2.24) is 0 Å². The van der Waals surface area contributed by atoms with Gasteiger partial charge in [-0.1, -0.05) is 62.5 Å². The van der Waals surface area contributed by atoms with Crippen molar-refractivity contribution in [3.8, 4) is 0 Å². The van der Waals surface area contributed by atoms with Gasteiger partial charge in [-0.2, -0.15) is 11.8 Å². The summed E-state index contributed by atoms with van der Waals surface area (Å²) in [7, 11) is 0. The smallest absolute Gasteiger partial charge is 0.336 e. The highest BCUT2D eigenvalue weighted by molar-refractivity contribution is 8.06. The van der Waals surface area contributed by atoms with Crippen molar-refractivity contribution in [2.24, 2.45) is 0 Å². The number of rotatable bonds is 11. The van der Waals surface area contributed by atoms with Crippen LogP contribution in [0.25, 0.3) is 6.08 Å². The third-order valence-electron chi connectivity index (χ3n) is 4.04. The number of benzene rings is 1. The molecule has 0 bridgehead atoms. The first-order valence-electron chi connectivity index (χ1n) is 8.38. The van der Waals surface area contributed by atoms with E-state index < -0.39 is 5.97 Å². The molecule has 1 atom stereocenters. The van der Waals surface area contributed by atoms with Gasteiger partial charge in [-0.25, -0.2) is 4.79 Å². The fourth-order valence-corrected chi connectivity index (χ4v) is 3.26. The van der Waals surface area contributed by atoms with E-state index in [1.807, 2.05) is 18.2 Å². The minimum absolute atomic E-state index is 0.382. The number of allylic oxidation sites excluding steroid dienone is 1. The van der Waals surface area contributed by atoms with Crippen LogP contribution in [0, 0.1) is 0 Å². The molecule has 1 fully saturated rings. The molecule has 22 heavy (non-hydrogen) atoms. The van der Waals surface area contributed by atoms with Gasteiger partial charge >= 0.3 is 5.97 Å². The molecule has 1 unspecified atom stereocenters. The van der Waals surface area contributed by atoms with Crippen molar-refractivity contribution in [1.29, 1.82) is 0 Å². The molecule has 0 amide bonds. The van der Waals surface area contributed by atoms with Gasteiger partial charge in [-0.3, -0.25) is 0 Å². The second-order valence-electron chi connectivity index (χ2n) is 5.95. The van der Waals surface area contributed by atoms with Crippen LogP contribution in [0.4, 0.5) is 0 Å². The van der Waals surface area contributed by atoms with Gasteiger partial charge in [-0.15, -0.1) is 0 Å². The largest absolute Gasteiger partial charge is 0.478 e. The van der Waals surface area contributed by atoms with E-state index >= 15 is 0 Å². The standard InChI is InChI=1S/C19H26O2S/c20-19(21)18-14-10-9-12-16(18)11-7-5-3-1-2-4-6-8-13-17-15-22-17/h7,9-12,14,17H,1-6,8,13,15H2,(H,20,21). The molecule has 2 nitrogen and oxygen atoms in total. The summed E-state index contributed by atoms with van der Waals surface area (Å²) >= 11 is 2.10. The SMILES string of the molecule is O=C(O)c1ccccc1C=CCCCCCCCCC1CS1. The molecule has 1 heterocycles. The fraction of sp³-hybridized carbons (Fsp3) is 0.526. The Morgan fingerprint density at radius 1 is 1.14 bits per heavy atom. The second kappa shape index (κ2) is 9.73. The maximum Gasteiger partial charge on any atom is 0.336 e. The predicted octanol–water partition coefficient (Wildman–Crippen LogP) is 5.63. The molecule has 0 radical (unpaired) electrons. The van der Waals surface area contributed by atoms with Crippen LogP contribution in [-0.2, 0) is 0 Å². The van der Waals surface area contributed by atoms with Gasteiger partial charge in [-0.05, 0) is 30.9 Å². The molecule has 3 heteroatoms. The topological polar surface area (TPSA) is 37.3 Å². The lowest BCUT2D eigenvalue weighted by molar-refractivity contribution is 0.0696. The minimum Gasteiger partial charge on any atom is -0.478 e. The summed E-state index contributed by atoms with van der Waals surface area (Å²) in [5.74, 6) is 0.544. The van der Waals surface area contributed by atoms with Crippen LogP contribution in [0.15, 0.2) is 30.3 Å². The Labute approximate surface area is 138 Å². The molecule has 1 aromatic carbocycles. The fourth-order valence-electron chi connectivity index (χ4n) is 2.62. The lowest BCUT2D eigenvalue weighted by Gasteiger charge is -2.01. The highest BCUT2D eigenvalue weighted by Crippen LogP contribution is 2.34. The number of carboxylic acids is 1. The van der Waals surface area contributed by atoms with Crippen LogP contribution in [0.2, 0.25) is 0 Å². The number of thioether (sulfide) groups is 1. The molecule has 0 aromatic heterocycles. The molecule has 0 spiro atoms. The Morgan fingerprint density at radius 2 is 1.82 bits per heavy atom. The molecule has 1 aliphatic heterocycles. The number of carboxylic acid groups (broad SMARTS) is 1. The van der Waals surface area contributed by atoms with Gasteiger partial charge in [0, 0.05) is 11.0 Å². The Balaban J connectivity index is 1.53. The van der Waals surface area contributed by atoms with Gasteiger partial charge < -0.3 is 5.11 Å². The summed E-state index contributed by atoms with van der Waals surface area (Å²) in [5, 5.41) is 10.1. The van der Waals surface area contributed by atoms with Gasteiger partial charge in [0.25, 0.3) is 0 Å². The quantitative estimate of drug-likeness (QED) is 0.424. The molecular weight excluding hydrogens is 292 g/mol. The van der Waals surface area contributed by atoms with Crippen molar-refractivity contribution < 1.29 is 9.90 Å². The van der Waals surface area contributed by atoms with Crippen molar-refractivity contribution in [3.05, 3.63) is 41.5 Å². The predicted molar refractivity (Wildman–Crippen MR) is 95.6 cm³/mol. The van der Waals surface area contributed by atoms with E-state index in [0.29, 0.717) is 5.56 Å². The molecule has 1 aromatic rings. The summed E-state index contributed by atoms with van der Waals surface area (Å²) in [4.78, 5) is 11.1. The van der Waals surface area contributed by atoms with E-state index in [1.165, 1.54) is 50.7 Å². The van der Waals surface area contributed by atoms with Gasteiger partial charge in [0.05, 0.1) is 5.56 Å². The van der Waals surface area contributed by atoms with Crippen LogP contribution >= 0.6 is 11.8 Å². The first-order valence-corrected chi connectivity index (χ1v) is 9.42. The van der Waals surface area contributed by atoms with Crippen LogP contribution in [0.1, 0.15) is 67.3 Å². The van der Waals surface area contributed by atoms with E-state index in [4.69, 9.17) is 5.11 Å². The molecule has 1 N–H and O–H groups in total. The Bertz CT molecular complexity index is 492. The zero-order chi connectivity index (χ0) is 15.6. The van der Waals surface area contributed by atoms with Gasteiger partial charge in [0.2, 0.25) is 0 Å². The first kappa shape index (κ1) is 17.1. The number of carbonyl (C=O) groups is 1. The number of unbranched alkanes of at least 4 members (excludes halogenated alkanes) is 6. The van der Waals surface area contributed by atoms with Crippen molar-refractivity contribution in [2.75, 3.05) is 5.75 Å². The average Bonchev–Trinajstić information content (AvgIpc) is 3.33. The summed E-state index contributed by atoms with van der Waals surface area (Å²) in [6.07, 6.45) is 14.5. The first-order chi connectivity index (χ1) is 10.8. The van der Waals surface area contributed by atoms with E-state index in [0.717, 1.165) is 17.2 Å². The summed E-state index contributed by atoms with van der Waals surface area (Å²) in [5.41, 5.74) is 1.18. The summed E-state index contributed by atoms with van der Waals surface area (Å²) in [6.45, 7) is 0. The maximum absolute atomic E-state index is 11.1. The van der Waals surface area contributed by atoms with E-state index in [-0.39, 0.29) is 0 Å². The third-order valence-corrected chi connectivity index (χ3v) is 5.08. The number of aromatic carboxylic acids is 1. The number of hydrogen-bond donors (Lipinski definition) is 1. The summed E-state index contributed by atoms with van der Waals surface area (Å²) < 4.78 is 0. The van der Waals surface area contributed by atoms with Crippen LogP contribution < -0.4 is 0 Å². The summed E-state index contributed by atoms with van der Waals surface area (Å²) in [6, 6.07) is 7.16. The molecule has 2 rings (SSSR count). The molecule has 1 aliphatic rings. The normalized spacial score (nSPS) is 17.0. The van der Waals surface area contributed by atoms with E-state index in [1.54, 1.807) is 12.1 Å². The van der Waals surface area contributed by atoms with Gasteiger partial charge in [0.1, 0.15) is 0 Å². The van der Waals surface area contributed by atoms with Crippen molar-refractivity contribution >= 4 is 23.8 Å². The lowest BCUT2D eigenvalue weighted by atomic mass is 10.1.